The summed E-state index contributed by atoms with van der Waals surface area (Å²) in [5, 5.41) is 4.19. The Hall–Kier alpha value is -2.56. The number of sulfonamides is 1. The number of hydrogen-bond donors (Lipinski definition) is 2. The molecule has 8 nitrogen and oxygen atoms in total. The van der Waals surface area contributed by atoms with Crippen LogP contribution in [0.5, 0.6) is 0 Å². The molecule has 0 radical (unpaired) electrons. The van der Waals surface area contributed by atoms with Gasteiger partial charge in [-0.25, -0.2) is 28.1 Å². The summed E-state index contributed by atoms with van der Waals surface area (Å²) < 4.78 is 26.4. The summed E-state index contributed by atoms with van der Waals surface area (Å²) in [4.78, 5) is 16.8. The molecule has 0 saturated carbocycles. The van der Waals surface area contributed by atoms with Crippen molar-refractivity contribution in [2.75, 3.05) is 29.1 Å². The fraction of sp³-hybridized carbons (Fsp3) is 0.381. The van der Waals surface area contributed by atoms with Crippen molar-refractivity contribution >= 4 is 38.1 Å². The summed E-state index contributed by atoms with van der Waals surface area (Å²) in [6.07, 6.45) is 5.17. The van der Waals surface area contributed by atoms with Crippen LogP contribution in [0.15, 0.2) is 42.7 Å². The maximum atomic E-state index is 11.8. The number of hydrogen-bond acceptors (Lipinski definition) is 8. The third-order valence-electron chi connectivity index (χ3n) is 5.16. The van der Waals surface area contributed by atoms with E-state index in [4.69, 9.17) is 4.98 Å². The van der Waals surface area contributed by atoms with E-state index in [1.165, 1.54) is 0 Å². The molecular weight excluding hydrogens is 432 g/mol. The molecule has 2 N–H and O–H groups in total. The Balaban J connectivity index is 1.41. The Morgan fingerprint density at radius 2 is 1.97 bits per heavy atom. The van der Waals surface area contributed by atoms with Gasteiger partial charge in [0.1, 0.15) is 11.6 Å². The highest BCUT2D eigenvalue weighted by Crippen LogP contribution is 2.32. The number of aryl methyl sites for hydroxylation is 1. The van der Waals surface area contributed by atoms with Crippen LogP contribution in [-0.4, -0.2) is 48.3 Å². The lowest BCUT2D eigenvalue weighted by molar-refractivity contribution is 0.460. The van der Waals surface area contributed by atoms with E-state index in [9.17, 15) is 8.42 Å². The van der Waals surface area contributed by atoms with E-state index < -0.39 is 10.0 Å². The first-order valence-electron chi connectivity index (χ1n) is 10.3. The van der Waals surface area contributed by atoms with E-state index in [1.807, 2.05) is 43.5 Å². The number of rotatable bonds is 7. The van der Waals surface area contributed by atoms with Crippen LogP contribution < -0.4 is 14.9 Å². The maximum Gasteiger partial charge on any atom is 0.211 e. The first-order valence-corrected chi connectivity index (χ1v) is 12.8. The van der Waals surface area contributed by atoms with Gasteiger partial charge in [-0.3, -0.25) is 0 Å². The van der Waals surface area contributed by atoms with Gasteiger partial charge >= 0.3 is 0 Å². The minimum absolute atomic E-state index is 0.000267. The van der Waals surface area contributed by atoms with Crippen LogP contribution in [-0.2, 0) is 10.0 Å². The van der Waals surface area contributed by atoms with Gasteiger partial charge in [0.05, 0.1) is 16.3 Å². The molecule has 1 saturated heterocycles. The molecule has 0 aliphatic carbocycles. The summed E-state index contributed by atoms with van der Waals surface area (Å²) in [6, 6.07) is 9.78. The average molecular weight is 459 g/mol. The molecule has 164 valence electrons. The summed E-state index contributed by atoms with van der Waals surface area (Å²) in [5.74, 6) is 1.61. The van der Waals surface area contributed by atoms with Crippen LogP contribution in [0.4, 0.5) is 16.8 Å². The van der Waals surface area contributed by atoms with E-state index in [0.29, 0.717) is 0 Å². The smallest absolute Gasteiger partial charge is 0.211 e. The molecule has 0 unspecified atom stereocenters. The van der Waals surface area contributed by atoms with Crippen LogP contribution in [0.2, 0.25) is 0 Å². The van der Waals surface area contributed by atoms with Gasteiger partial charge in [-0.2, -0.15) is 0 Å². The summed E-state index contributed by atoms with van der Waals surface area (Å²) in [7, 11) is -3.16. The summed E-state index contributed by atoms with van der Waals surface area (Å²) >= 11 is 1.60. The summed E-state index contributed by atoms with van der Waals surface area (Å²) in [6.45, 7) is 5.23. The molecule has 3 aromatic heterocycles. The molecule has 4 heterocycles. The quantitative estimate of drug-likeness (QED) is 0.558. The van der Waals surface area contributed by atoms with Crippen molar-refractivity contribution in [2.24, 2.45) is 0 Å². The van der Waals surface area contributed by atoms with E-state index >= 15 is 0 Å². The van der Waals surface area contributed by atoms with Gasteiger partial charge in [0, 0.05) is 31.5 Å². The van der Waals surface area contributed by atoms with Crippen LogP contribution in [0.1, 0.15) is 25.3 Å². The highest BCUT2D eigenvalue weighted by molar-refractivity contribution is 7.89. The highest BCUT2D eigenvalue weighted by Gasteiger charge is 2.24. The minimum Gasteiger partial charge on any atom is -0.348 e. The van der Waals surface area contributed by atoms with Crippen molar-refractivity contribution < 1.29 is 8.42 Å². The Morgan fingerprint density at radius 3 is 2.71 bits per heavy atom. The number of thiazole rings is 1. The van der Waals surface area contributed by atoms with E-state index in [2.05, 4.69) is 24.9 Å². The molecule has 1 aliphatic rings. The van der Waals surface area contributed by atoms with Crippen LogP contribution in [0, 0.1) is 6.92 Å². The molecule has 4 rings (SSSR count). The molecule has 0 atom stereocenters. The second-order valence-corrected chi connectivity index (χ2v) is 10.6. The fourth-order valence-electron chi connectivity index (χ4n) is 3.43. The van der Waals surface area contributed by atoms with Crippen molar-refractivity contribution in [1.82, 2.24) is 19.7 Å². The molecule has 0 spiro atoms. The molecule has 0 aromatic carbocycles. The Labute approximate surface area is 186 Å². The lowest BCUT2D eigenvalue weighted by Gasteiger charge is -2.31. The largest absolute Gasteiger partial charge is 0.348 e. The molecule has 0 amide bonds. The predicted molar refractivity (Wildman–Crippen MR) is 125 cm³/mol. The zero-order valence-corrected chi connectivity index (χ0v) is 19.2. The van der Waals surface area contributed by atoms with Gasteiger partial charge in [0.15, 0.2) is 5.13 Å². The lowest BCUT2D eigenvalue weighted by atomic mass is 10.1. The van der Waals surface area contributed by atoms with Gasteiger partial charge < -0.3 is 10.2 Å². The van der Waals surface area contributed by atoms with Gasteiger partial charge in [-0.05, 0) is 56.5 Å². The Morgan fingerprint density at radius 1 is 1.16 bits per heavy atom. The average Bonchev–Trinajstić information content (AvgIpc) is 3.25. The first-order chi connectivity index (χ1) is 14.9. The predicted octanol–water partition coefficient (Wildman–Crippen LogP) is 3.56. The molecule has 31 heavy (non-hydrogen) atoms. The lowest BCUT2D eigenvalue weighted by Crippen LogP contribution is -2.45. The van der Waals surface area contributed by atoms with Crippen LogP contribution in [0.25, 0.3) is 10.6 Å². The second kappa shape index (κ2) is 9.29. The van der Waals surface area contributed by atoms with Crippen molar-refractivity contribution in [1.29, 1.82) is 0 Å². The standard InChI is InChI=1S/C21H26N6O2S2/c1-3-31(28,29)26-16-8-11-27(12-9-16)21-23-14-18(30-21)17-5-4-6-19(24-17)25-20-13-15(2)7-10-22-20/h4-7,10,13-14,16,26H,3,8-9,11-12H2,1-2H3,(H,22,24,25). The highest BCUT2D eigenvalue weighted by atomic mass is 32.2. The van der Waals surface area contributed by atoms with E-state index in [1.54, 1.807) is 24.5 Å². The van der Waals surface area contributed by atoms with Crippen molar-refractivity contribution in [2.45, 2.75) is 32.7 Å². The number of pyridine rings is 2. The summed E-state index contributed by atoms with van der Waals surface area (Å²) in [5.41, 5.74) is 1.99. The van der Waals surface area contributed by atoms with Crippen molar-refractivity contribution in [3.05, 3.63) is 48.3 Å². The number of nitrogens with zero attached hydrogens (tertiary/aromatic N) is 4. The van der Waals surface area contributed by atoms with Gasteiger partial charge in [-0.15, -0.1) is 0 Å². The molecule has 1 fully saturated rings. The number of anilines is 3. The maximum absolute atomic E-state index is 11.8. The van der Waals surface area contributed by atoms with Crippen LogP contribution in [0.3, 0.4) is 0 Å². The second-order valence-electron chi connectivity index (χ2n) is 7.54. The molecule has 3 aromatic rings. The third-order valence-corrected chi connectivity index (χ3v) is 7.69. The first kappa shape index (κ1) is 21.7. The molecule has 10 heteroatoms. The zero-order valence-electron chi connectivity index (χ0n) is 17.6. The third kappa shape index (κ3) is 5.57. The SMILES string of the molecule is CCS(=O)(=O)NC1CCN(c2ncc(-c3cccc(Nc4cc(C)ccn4)n3)s2)CC1. The number of aromatic nitrogens is 3. The van der Waals surface area contributed by atoms with Gasteiger partial charge in [0.2, 0.25) is 10.0 Å². The van der Waals surface area contributed by atoms with Crippen molar-refractivity contribution in [3.8, 4) is 10.6 Å². The number of nitrogens with one attached hydrogen (secondary N) is 2. The van der Waals surface area contributed by atoms with E-state index in [-0.39, 0.29) is 11.8 Å². The van der Waals surface area contributed by atoms with Gasteiger partial charge in [-0.1, -0.05) is 17.4 Å². The van der Waals surface area contributed by atoms with Crippen LogP contribution >= 0.6 is 11.3 Å². The molecule has 0 bridgehead atoms. The Kier molecular flexibility index (Phi) is 6.49. The Bertz CT molecular complexity index is 1140. The molecule has 1 aliphatic heterocycles. The minimum atomic E-state index is -3.16. The molecular formula is C21H26N6O2S2. The fourth-order valence-corrected chi connectivity index (χ4v) is 5.28. The topological polar surface area (TPSA) is 100 Å². The monoisotopic (exact) mass is 458 g/mol. The number of piperidine rings is 1. The van der Waals surface area contributed by atoms with E-state index in [0.717, 1.165) is 58.8 Å². The van der Waals surface area contributed by atoms with Crippen molar-refractivity contribution in [3.63, 3.8) is 0 Å². The van der Waals surface area contributed by atoms with Gasteiger partial charge in [0.25, 0.3) is 0 Å². The zero-order chi connectivity index (χ0) is 21.8. The normalized spacial score (nSPS) is 15.2.